The molecule has 1 atom stereocenters. The number of halogens is 1. The molecular formula is C15H25BrN2. The molecule has 0 bridgehead atoms. The van der Waals surface area contributed by atoms with E-state index in [9.17, 15) is 0 Å². The molecule has 3 heteroatoms. The summed E-state index contributed by atoms with van der Waals surface area (Å²) in [6.45, 7) is 11.6. The van der Waals surface area contributed by atoms with Crippen molar-refractivity contribution in [3.63, 3.8) is 0 Å². The fraction of sp³-hybridized carbons (Fsp3) is 0.600. The van der Waals surface area contributed by atoms with Gasteiger partial charge in [0.15, 0.2) is 0 Å². The summed E-state index contributed by atoms with van der Waals surface area (Å²) in [6, 6.07) is 6.82. The van der Waals surface area contributed by atoms with Crippen molar-refractivity contribution < 1.29 is 0 Å². The van der Waals surface area contributed by atoms with Gasteiger partial charge in [-0.05, 0) is 36.6 Å². The lowest BCUT2D eigenvalue weighted by Gasteiger charge is -2.32. The number of likely N-dealkylation sites (N-methyl/N-ethyl adjacent to an activating group) is 1. The van der Waals surface area contributed by atoms with Crippen LogP contribution in [0.4, 0.5) is 0 Å². The maximum absolute atomic E-state index is 6.00. The SMILES string of the molecule is CCN(CC(C)C)C(CN)c1ccc(C)cc1Br. The molecule has 0 amide bonds. The first kappa shape index (κ1) is 15.7. The van der Waals surface area contributed by atoms with Crippen molar-refractivity contribution >= 4 is 15.9 Å². The van der Waals surface area contributed by atoms with Crippen LogP contribution in [0.3, 0.4) is 0 Å². The molecule has 1 aromatic rings. The van der Waals surface area contributed by atoms with Gasteiger partial charge in [0, 0.05) is 23.6 Å². The molecule has 0 aromatic heterocycles. The topological polar surface area (TPSA) is 29.3 Å². The summed E-state index contributed by atoms with van der Waals surface area (Å²) in [4.78, 5) is 2.46. The van der Waals surface area contributed by atoms with E-state index in [-0.39, 0.29) is 0 Å². The van der Waals surface area contributed by atoms with E-state index < -0.39 is 0 Å². The van der Waals surface area contributed by atoms with Crippen LogP contribution in [0.15, 0.2) is 22.7 Å². The van der Waals surface area contributed by atoms with Gasteiger partial charge in [0.2, 0.25) is 0 Å². The zero-order valence-electron chi connectivity index (χ0n) is 11.9. The van der Waals surface area contributed by atoms with Gasteiger partial charge < -0.3 is 5.73 Å². The lowest BCUT2D eigenvalue weighted by atomic mass is 10.0. The van der Waals surface area contributed by atoms with Crippen molar-refractivity contribution in [1.29, 1.82) is 0 Å². The van der Waals surface area contributed by atoms with Gasteiger partial charge in [-0.3, -0.25) is 4.90 Å². The van der Waals surface area contributed by atoms with E-state index in [1.807, 2.05) is 0 Å². The largest absolute Gasteiger partial charge is 0.329 e. The van der Waals surface area contributed by atoms with Gasteiger partial charge in [-0.15, -0.1) is 0 Å². The van der Waals surface area contributed by atoms with Gasteiger partial charge >= 0.3 is 0 Å². The molecule has 2 nitrogen and oxygen atoms in total. The van der Waals surface area contributed by atoms with Crippen LogP contribution in [0.5, 0.6) is 0 Å². The minimum atomic E-state index is 0.298. The van der Waals surface area contributed by atoms with Crippen LogP contribution in [0.25, 0.3) is 0 Å². The normalized spacial score (nSPS) is 13.3. The second kappa shape index (κ2) is 7.27. The third-order valence-corrected chi connectivity index (χ3v) is 3.87. The van der Waals surface area contributed by atoms with Gasteiger partial charge in [-0.1, -0.05) is 48.8 Å². The van der Waals surface area contributed by atoms with E-state index in [2.05, 4.69) is 66.7 Å². The zero-order valence-corrected chi connectivity index (χ0v) is 13.5. The summed E-state index contributed by atoms with van der Waals surface area (Å²) in [5.74, 6) is 0.656. The van der Waals surface area contributed by atoms with Crippen LogP contribution in [0.2, 0.25) is 0 Å². The second-order valence-electron chi connectivity index (χ2n) is 5.26. The Morgan fingerprint density at radius 3 is 2.44 bits per heavy atom. The minimum Gasteiger partial charge on any atom is -0.329 e. The molecule has 102 valence electrons. The van der Waals surface area contributed by atoms with Crippen LogP contribution in [-0.2, 0) is 0 Å². The van der Waals surface area contributed by atoms with Gasteiger partial charge in [-0.2, -0.15) is 0 Å². The van der Waals surface area contributed by atoms with Crippen molar-refractivity contribution in [3.05, 3.63) is 33.8 Å². The van der Waals surface area contributed by atoms with Gasteiger partial charge in [-0.25, -0.2) is 0 Å². The summed E-state index contributed by atoms with van der Waals surface area (Å²) in [5.41, 5.74) is 8.57. The zero-order chi connectivity index (χ0) is 13.7. The molecule has 1 rings (SSSR count). The number of hydrogen-bond donors (Lipinski definition) is 1. The van der Waals surface area contributed by atoms with E-state index in [1.165, 1.54) is 15.6 Å². The van der Waals surface area contributed by atoms with Crippen molar-refractivity contribution in [2.45, 2.75) is 33.7 Å². The molecule has 0 aliphatic rings. The minimum absolute atomic E-state index is 0.298. The first-order valence-electron chi connectivity index (χ1n) is 6.69. The summed E-state index contributed by atoms with van der Waals surface area (Å²) >= 11 is 3.67. The van der Waals surface area contributed by atoms with Gasteiger partial charge in [0.05, 0.1) is 0 Å². The molecule has 0 fully saturated rings. The molecule has 0 aliphatic carbocycles. The van der Waals surface area contributed by atoms with Crippen LogP contribution < -0.4 is 5.73 Å². The fourth-order valence-corrected chi connectivity index (χ4v) is 3.08. The smallest absolute Gasteiger partial charge is 0.0481 e. The third-order valence-electron chi connectivity index (χ3n) is 3.18. The Morgan fingerprint density at radius 1 is 1.33 bits per heavy atom. The molecule has 2 N–H and O–H groups in total. The Kier molecular flexibility index (Phi) is 6.33. The summed E-state index contributed by atoms with van der Waals surface area (Å²) < 4.78 is 1.17. The quantitative estimate of drug-likeness (QED) is 0.867. The lowest BCUT2D eigenvalue weighted by molar-refractivity contribution is 0.189. The molecule has 1 aromatic carbocycles. The lowest BCUT2D eigenvalue weighted by Crippen LogP contribution is -2.36. The third kappa shape index (κ3) is 4.08. The highest BCUT2D eigenvalue weighted by atomic mass is 79.9. The number of nitrogens with two attached hydrogens (primary N) is 1. The van der Waals surface area contributed by atoms with E-state index >= 15 is 0 Å². The van der Waals surface area contributed by atoms with E-state index in [1.54, 1.807) is 0 Å². The molecule has 0 saturated heterocycles. The number of benzene rings is 1. The maximum Gasteiger partial charge on any atom is 0.0481 e. The molecule has 0 saturated carbocycles. The number of aryl methyl sites for hydroxylation is 1. The Balaban J connectivity index is 2.99. The standard InChI is InChI=1S/C15H25BrN2/c1-5-18(10-11(2)3)15(9-17)13-7-6-12(4)8-14(13)16/h6-8,11,15H,5,9-10,17H2,1-4H3. The van der Waals surface area contributed by atoms with Gasteiger partial charge in [0.1, 0.15) is 0 Å². The predicted molar refractivity (Wildman–Crippen MR) is 82.8 cm³/mol. The summed E-state index contributed by atoms with van der Waals surface area (Å²) in [5, 5.41) is 0. The van der Waals surface area contributed by atoms with Crippen molar-refractivity contribution in [2.75, 3.05) is 19.6 Å². The van der Waals surface area contributed by atoms with Crippen LogP contribution in [0, 0.1) is 12.8 Å². The average molecular weight is 313 g/mol. The maximum atomic E-state index is 6.00. The molecule has 0 spiro atoms. The second-order valence-corrected chi connectivity index (χ2v) is 6.11. The highest BCUT2D eigenvalue weighted by Gasteiger charge is 2.20. The van der Waals surface area contributed by atoms with Crippen LogP contribution in [-0.4, -0.2) is 24.5 Å². The number of rotatable bonds is 6. The first-order chi connectivity index (χ1) is 8.49. The predicted octanol–water partition coefficient (Wildman–Crippen LogP) is 3.74. The Labute approximate surface area is 120 Å². The first-order valence-corrected chi connectivity index (χ1v) is 7.49. The number of nitrogens with zero attached hydrogens (tertiary/aromatic N) is 1. The molecule has 18 heavy (non-hydrogen) atoms. The number of hydrogen-bond acceptors (Lipinski definition) is 2. The Bertz CT molecular complexity index is 377. The van der Waals surface area contributed by atoms with Crippen LogP contribution in [0.1, 0.15) is 37.9 Å². The monoisotopic (exact) mass is 312 g/mol. The molecule has 1 unspecified atom stereocenters. The van der Waals surface area contributed by atoms with Crippen LogP contribution >= 0.6 is 15.9 Å². The highest BCUT2D eigenvalue weighted by Crippen LogP contribution is 2.28. The van der Waals surface area contributed by atoms with Crippen molar-refractivity contribution in [1.82, 2.24) is 4.90 Å². The average Bonchev–Trinajstić information content (AvgIpc) is 2.30. The van der Waals surface area contributed by atoms with E-state index in [0.29, 0.717) is 18.5 Å². The molecule has 0 aliphatic heterocycles. The highest BCUT2D eigenvalue weighted by molar-refractivity contribution is 9.10. The Morgan fingerprint density at radius 2 is 2.00 bits per heavy atom. The molecule has 0 heterocycles. The molecular weight excluding hydrogens is 288 g/mol. The van der Waals surface area contributed by atoms with E-state index in [4.69, 9.17) is 5.73 Å². The van der Waals surface area contributed by atoms with Gasteiger partial charge in [0.25, 0.3) is 0 Å². The van der Waals surface area contributed by atoms with Crippen molar-refractivity contribution in [3.8, 4) is 0 Å². The summed E-state index contributed by atoms with van der Waals surface area (Å²) in [6.07, 6.45) is 0. The summed E-state index contributed by atoms with van der Waals surface area (Å²) in [7, 11) is 0. The molecule has 0 radical (unpaired) electrons. The van der Waals surface area contributed by atoms with E-state index in [0.717, 1.165) is 13.1 Å². The Hall–Kier alpha value is -0.380. The van der Waals surface area contributed by atoms with Crippen molar-refractivity contribution in [2.24, 2.45) is 11.7 Å². The fourth-order valence-electron chi connectivity index (χ4n) is 2.32.